The Labute approximate surface area is 100 Å². The predicted molar refractivity (Wildman–Crippen MR) is 66.2 cm³/mol. The van der Waals surface area contributed by atoms with Gasteiger partial charge in [-0.1, -0.05) is 19.8 Å². The average Bonchev–Trinajstić information content (AvgIpc) is 2.65. The molecule has 0 aromatic carbocycles. The average molecular weight is 242 g/mol. The number of hydrogen-bond donors (Lipinski definition) is 1. The van der Waals surface area contributed by atoms with E-state index in [1.165, 1.54) is 31.3 Å². The van der Waals surface area contributed by atoms with Gasteiger partial charge in [0.2, 0.25) is 0 Å². The Kier molecular flexibility index (Phi) is 5.25. The van der Waals surface area contributed by atoms with Gasteiger partial charge in [0.15, 0.2) is 10.8 Å². The molecule has 0 atom stereocenters. The van der Waals surface area contributed by atoms with E-state index in [2.05, 4.69) is 22.0 Å². The number of esters is 1. The molecule has 0 aliphatic carbocycles. The van der Waals surface area contributed by atoms with Crippen LogP contribution in [0.15, 0.2) is 0 Å². The molecule has 5 heteroatoms. The zero-order valence-electron chi connectivity index (χ0n) is 10.0. The number of ether oxygens (including phenoxy) is 1. The monoisotopic (exact) mass is 242 g/mol. The standard InChI is InChI=1S/C11H18N2O2S/c1-4-5-6-7-12-11-13-9(8(2)16-11)10(14)15-3/h4-7H2,1-3H3,(H,12,13). The highest BCUT2D eigenvalue weighted by atomic mass is 32.1. The van der Waals surface area contributed by atoms with Crippen molar-refractivity contribution in [1.82, 2.24) is 4.98 Å². The van der Waals surface area contributed by atoms with Gasteiger partial charge in [-0.2, -0.15) is 0 Å². The summed E-state index contributed by atoms with van der Waals surface area (Å²) >= 11 is 1.49. The molecular weight excluding hydrogens is 224 g/mol. The maximum Gasteiger partial charge on any atom is 0.357 e. The smallest absolute Gasteiger partial charge is 0.357 e. The number of thiazole rings is 1. The maximum atomic E-state index is 11.3. The van der Waals surface area contributed by atoms with E-state index in [1.807, 2.05) is 6.92 Å². The van der Waals surface area contributed by atoms with Gasteiger partial charge < -0.3 is 10.1 Å². The van der Waals surface area contributed by atoms with Crippen molar-refractivity contribution < 1.29 is 9.53 Å². The Morgan fingerprint density at radius 1 is 1.50 bits per heavy atom. The fourth-order valence-corrected chi connectivity index (χ4v) is 2.16. The van der Waals surface area contributed by atoms with Crippen molar-refractivity contribution >= 4 is 22.4 Å². The minimum absolute atomic E-state index is 0.365. The number of methoxy groups -OCH3 is 1. The minimum Gasteiger partial charge on any atom is -0.464 e. The predicted octanol–water partition coefficient (Wildman–Crippen LogP) is 2.84. The molecular formula is C11H18N2O2S. The number of nitrogens with one attached hydrogen (secondary N) is 1. The van der Waals surface area contributed by atoms with E-state index in [-0.39, 0.29) is 5.97 Å². The lowest BCUT2D eigenvalue weighted by Crippen LogP contribution is -2.05. The summed E-state index contributed by atoms with van der Waals surface area (Å²) in [4.78, 5) is 16.4. The second-order valence-corrected chi connectivity index (χ2v) is 4.75. The van der Waals surface area contributed by atoms with Crippen LogP contribution >= 0.6 is 11.3 Å². The third-order valence-electron chi connectivity index (χ3n) is 2.23. The number of rotatable bonds is 6. The molecule has 0 fully saturated rings. The van der Waals surface area contributed by atoms with Crippen LogP contribution in [0.4, 0.5) is 5.13 Å². The summed E-state index contributed by atoms with van der Waals surface area (Å²) in [5.41, 5.74) is 0.422. The first-order chi connectivity index (χ1) is 7.69. The Bertz CT molecular complexity index is 350. The largest absolute Gasteiger partial charge is 0.464 e. The van der Waals surface area contributed by atoms with Crippen LogP contribution in [0.1, 0.15) is 41.6 Å². The number of aromatic nitrogens is 1. The van der Waals surface area contributed by atoms with Crippen molar-refractivity contribution in [2.24, 2.45) is 0 Å². The molecule has 0 aliphatic rings. The SMILES string of the molecule is CCCCCNc1nc(C(=O)OC)c(C)s1. The fourth-order valence-electron chi connectivity index (χ4n) is 1.33. The number of unbranched alkanes of at least 4 members (excludes halogenated alkanes) is 2. The molecule has 0 saturated carbocycles. The van der Waals surface area contributed by atoms with Gasteiger partial charge in [-0.05, 0) is 13.3 Å². The number of hydrogen-bond acceptors (Lipinski definition) is 5. The molecule has 0 amide bonds. The molecule has 0 saturated heterocycles. The summed E-state index contributed by atoms with van der Waals surface area (Å²) < 4.78 is 4.65. The van der Waals surface area contributed by atoms with E-state index in [1.54, 1.807) is 0 Å². The third-order valence-corrected chi connectivity index (χ3v) is 3.16. The van der Waals surface area contributed by atoms with Gasteiger partial charge in [0.05, 0.1) is 7.11 Å². The molecule has 1 N–H and O–H groups in total. The van der Waals surface area contributed by atoms with E-state index in [9.17, 15) is 4.79 Å². The molecule has 0 spiro atoms. The molecule has 1 heterocycles. The number of anilines is 1. The number of carbonyl (C=O) groups excluding carboxylic acids is 1. The highest BCUT2D eigenvalue weighted by molar-refractivity contribution is 7.15. The quantitative estimate of drug-likeness (QED) is 0.615. The van der Waals surface area contributed by atoms with E-state index in [4.69, 9.17) is 0 Å². The van der Waals surface area contributed by atoms with Crippen LogP contribution in [0.5, 0.6) is 0 Å². The van der Waals surface area contributed by atoms with E-state index in [0.29, 0.717) is 5.69 Å². The summed E-state index contributed by atoms with van der Waals surface area (Å²) in [5, 5.41) is 4.02. The molecule has 1 aromatic heterocycles. The molecule has 1 aromatic rings. The molecule has 4 nitrogen and oxygen atoms in total. The van der Waals surface area contributed by atoms with Gasteiger partial charge in [-0.25, -0.2) is 9.78 Å². The zero-order chi connectivity index (χ0) is 12.0. The Balaban J connectivity index is 2.52. The van der Waals surface area contributed by atoms with Gasteiger partial charge in [0.25, 0.3) is 0 Å². The topological polar surface area (TPSA) is 51.2 Å². The Morgan fingerprint density at radius 2 is 2.25 bits per heavy atom. The highest BCUT2D eigenvalue weighted by Crippen LogP contribution is 2.22. The minimum atomic E-state index is -0.365. The van der Waals surface area contributed by atoms with Crippen LogP contribution in [-0.4, -0.2) is 24.6 Å². The van der Waals surface area contributed by atoms with E-state index >= 15 is 0 Å². The second-order valence-electron chi connectivity index (χ2n) is 3.55. The molecule has 1 rings (SSSR count). The summed E-state index contributed by atoms with van der Waals surface area (Å²) in [6.07, 6.45) is 3.54. The van der Waals surface area contributed by atoms with Crippen molar-refractivity contribution in [3.05, 3.63) is 10.6 Å². The first-order valence-corrected chi connectivity index (χ1v) is 6.30. The number of nitrogens with zero attached hydrogens (tertiary/aromatic N) is 1. The second kappa shape index (κ2) is 6.48. The summed E-state index contributed by atoms with van der Waals surface area (Å²) in [6.45, 7) is 4.95. The van der Waals surface area contributed by atoms with Crippen LogP contribution in [-0.2, 0) is 4.74 Å². The van der Waals surface area contributed by atoms with Gasteiger partial charge in [-0.15, -0.1) is 11.3 Å². The first-order valence-electron chi connectivity index (χ1n) is 5.48. The van der Waals surface area contributed by atoms with Gasteiger partial charge in [0, 0.05) is 11.4 Å². The van der Waals surface area contributed by atoms with Crippen LogP contribution in [0.3, 0.4) is 0 Å². The van der Waals surface area contributed by atoms with Crippen molar-refractivity contribution in [1.29, 1.82) is 0 Å². The molecule has 0 unspecified atom stereocenters. The lowest BCUT2D eigenvalue weighted by atomic mass is 10.2. The summed E-state index contributed by atoms with van der Waals surface area (Å²) in [7, 11) is 1.37. The number of carbonyl (C=O) groups is 1. The Hall–Kier alpha value is -1.10. The summed E-state index contributed by atoms with van der Waals surface area (Å²) in [6, 6.07) is 0. The van der Waals surface area contributed by atoms with Crippen LogP contribution < -0.4 is 5.32 Å². The molecule has 0 aliphatic heterocycles. The van der Waals surface area contributed by atoms with Crippen LogP contribution in [0, 0.1) is 6.92 Å². The fraction of sp³-hybridized carbons (Fsp3) is 0.636. The lowest BCUT2D eigenvalue weighted by molar-refractivity contribution is 0.0594. The maximum absolute atomic E-state index is 11.3. The van der Waals surface area contributed by atoms with E-state index in [0.717, 1.165) is 23.0 Å². The molecule has 90 valence electrons. The van der Waals surface area contributed by atoms with Crippen molar-refractivity contribution in [2.75, 3.05) is 19.0 Å². The Morgan fingerprint density at radius 3 is 2.88 bits per heavy atom. The third kappa shape index (κ3) is 3.48. The molecule has 0 bridgehead atoms. The van der Waals surface area contributed by atoms with Crippen molar-refractivity contribution in [2.45, 2.75) is 33.1 Å². The van der Waals surface area contributed by atoms with Gasteiger partial charge in [0.1, 0.15) is 0 Å². The lowest BCUT2D eigenvalue weighted by Gasteiger charge is -2.00. The van der Waals surface area contributed by atoms with Gasteiger partial charge >= 0.3 is 5.97 Å². The van der Waals surface area contributed by atoms with Gasteiger partial charge in [-0.3, -0.25) is 0 Å². The zero-order valence-corrected chi connectivity index (χ0v) is 10.8. The highest BCUT2D eigenvalue weighted by Gasteiger charge is 2.15. The van der Waals surface area contributed by atoms with Crippen LogP contribution in [0.25, 0.3) is 0 Å². The van der Waals surface area contributed by atoms with Crippen molar-refractivity contribution in [3.63, 3.8) is 0 Å². The van der Waals surface area contributed by atoms with Crippen LogP contribution in [0.2, 0.25) is 0 Å². The van der Waals surface area contributed by atoms with E-state index < -0.39 is 0 Å². The molecule has 16 heavy (non-hydrogen) atoms. The summed E-state index contributed by atoms with van der Waals surface area (Å²) in [5.74, 6) is -0.365. The number of aryl methyl sites for hydroxylation is 1. The first kappa shape index (κ1) is 13.0. The van der Waals surface area contributed by atoms with Crippen molar-refractivity contribution in [3.8, 4) is 0 Å². The normalized spacial score (nSPS) is 10.2. The molecule has 0 radical (unpaired) electrons.